The zero-order valence-corrected chi connectivity index (χ0v) is 12.2. The molecule has 2 aromatic carbocycles. The SMILES string of the molecule is COc1cccc(-c2cc(-c3ccc(Cl)cc3)ncn2)c1. The summed E-state index contributed by atoms with van der Waals surface area (Å²) in [6.45, 7) is 0. The van der Waals surface area contributed by atoms with E-state index in [9.17, 15) is 0 Å². The van der Waals surface area contributed by atoms with Gasteiger partial charge in [-0.15, -0.1) is 0 Å². The number of rotatable bonds is 3. The van der Waals surface area contributed by atoms with E-state index in [-0.39, 0.29) is 0 Å². The van der Waals surface area contributed by atoms with Gasteiger partial charge >= 0.3 is 0 Å². The molecule has 0 saturated carbocycles. The van der Waals surface area contributed by atoms with Crippen LogP contribution in [0.2, 0.25) is 5.02 Å². The highest BCUT2D eigenvalue weighted by Gasteiger charge is 2.05. The number of hydrogen-bond donors (Lipinski definition) is 0. The second kappa shape index (κ2) is 5.94. The predicted octanol–water partition coefficient (Wildman–Crippen LogP) is 4.47. The summed E-state index contributed by atoms with van der Waals surface area (Å²) in [4.78, 5) is 8.66. The molecule has 1 aromatic heterocycles. The van der Waals surface area contributed by atoms with Crippen molar-refractivity contribution in [2.75, 3.05) is 7.11 Å². The largest absolute Gasteiger partial charge is 0.497 e. The van der Waals surface area contributed by atoms with Crippen LogP contribution in [0, 0.1) is 0 Å². The van der Waals surface area contributed by atoms with Crippen LogP contribution < -0.4 is 4.74 Å². The second-order valence-corrected chi connectivity index (χ2v) is 4.96. The highest BCUT2D eigenvalue weighted by molar-refractivity contribution is 6.30. The number of aromatic nitrogens is 2. The number of methoxy groups -OCH3 is 1. The molecule has 3 rings (SSSR count). The molecule has 21 heavy (non-hydrogen) atoms. The number of nitrogens with zero attached hydrogens (tertiary/aromatic N) is 2. The zero-order valence-electron chi connectivity index (χ0n) is 11.5. The Bertz CT molecular complexity index is 757. The fourth-order valence-corrected chi connectivity index (χ4v) is 2.20. The number of benzene rings is 2. The summed E-state index contributed by atoms with van der Waals surface area (Å²) >= 11 is 5.91. The Kier molecular flexibility index (Phi) is 3.84. The molecular formula is C17H13ClN2O. The van der Waals surface area contributed by atoms with E-state index in [1.54, 1.807) is 13.4 Å². The first-order valence-corrected chi connectivity index (χ1v) is 6.86. The number of halogens is 1. The van der Waals surface area contributed by atoms with Crippen molar-refractivity contribution in [3.05, 3.63) is 65.9 Å². The fourth-order valence-electron chi connectivity index (χ4n) is 2.08. The Morgan fingerprint density at radius 1 is 0.857 bits per heavy atom. The molecule has 104 valence electrons. The average Bonchev–Trinajstić information content (AvgIpc) is 2.56. The molecule has 0 aliphatic carbocycles. The van der Waals surface area contributed by atoms with Crippen LogP contribution in [-0.2, 0) is 0 Å². The van der Waals surface area contributed by atoms with Gasteiger partial charge in [0.1, 0.15) is 12.1 Å². The molecule has 1 heterocycles. The van der Waals surface area contributed by atoms with Gasteiger partial charge in [-0.05, 0) is 30.3 Å². The fraction of sp³-hybridized carbons (Fsp3) is 0.0588. The molecule has 0 N–H and O–H groups in total. The molecule has 4 heteroatoms. The smallest absolute Gasteiger partial charge is 0.119 e. The van der Waals surface area contributed by atoms with Gasteiger partial charge in [0, 0.05) is 16.1 Å². The summed E-state index contributed by atoms with van der Waals surface area (Å²) in [5.74, 6) is 0.805. The van der Waals surface area contributed by atoms with E-state index < -0.39 is 0 Å². The van der Waals surface area contributed by atoms with Crippen molar-refractivity contribution < 1.29 is 4.74 Å². The van der Waals surface area contributed by atoms with Crippen molar-refractivity contribution in [1.29, 1.82) is 0 Å². The van der Waals surface area contributed by atoms with Gasteiger partial charge in [0.25, 0.3) is 0 Å². The van der Waals surface area contributed by atoms with E-state index in [0.717, 1.165) is 28.3 Å². The van der Waals surface area contributed by atoms with E-state index >= 15 is 0 Å². The highest BCUT2D eigenvalue weighted by Crippen LogP contribution is 2.26. The molecular weight excluding hydrogens is 284 g/mol. The minimum atomic E-state index is 0.709. The van der Waals surface area contributed by atoms with Crippen molar-refractivity contribution in [1.82, 2.24) is 9.97 Å². The van der Waals surface area contributed by atoms with Crippen molar-refractivity contribution in [2.24, 2.45) is 0 Å². The molecule has 0 atom stereocenters. The van der Waals surface area contributed by atoms with Crippen molar-refractivity contribution in [2.45, 2.75) is 0 Å². The van der Waals surface area contributed by atoms with E-state index in [0.29, 0.717) is 5.02 Å². The van der Waals surface area contributed by atoms with Gasteiger partial charge in [0.2, 0.25) is 0 Å². The molecule has 0 aliphatic rings. The molecule has 3 nitrogen and oxygen atoms in total. The maximum atomic E-state index is 5.91. The van der Waals surface area contributed by atoms with E-state index in [2.05, 4.69) is 9.97 Å². The summed E-state index contributed by atoms with van der Waals surface area (Å²) in [6, 6.07) is 17.3. The maximum absolute atomic E-state index is 5.91. The van der Waals surface area contributed by atoms with Crippen molar-refractivity contribution >= 4 is 11.6 Å². The first-order chi connectivity index (χ1) is 10.3. The standard InChI is InChI=1S/C17H13ClN2O/c1-21-15-4-2-3-13(9-15)17-10-16(19-11-20-17)12-5-7-14(18)8-6-12/h2-11H,1H3. The van der Waals surface area contributed by atoms with E-state index in [1.165, 1.54) is 0 Å². The average molecular weight is 297 g/mol. The van der Waals surface area contributed by atoms with Gasteiger partial charge in [-0.2, -0.15) is 0 Å². The van der Waals surface area contributed by atoms with Crippen LogP contribution in [-0.4, -0.2) is 17.1 Å². The topological polar surface area (TPSA) is 35.0 Å². The van der Waals surface area contributed by atoms with Crippen LogP contribution in [0.1, 0.15) is 0 Å². The van der Waals surface area contributed by atoms with Crippen LogP contribution in [0.5, 0.6) is 5.75 Å². The first kappa shape index (κ1) is 13.6. The van der Waals surface area contributed by atoms with Crippen LogP contribution in [0.4, 0.5) is 0 Å². The lowest BCUT2D eigenvalue weighted by atomic mass is 10.1. The zero-order chi connectivity index (χ0) is 14.7. The van der Waals surface area contributed by atoms with Crippen LogP contribution in [0.15, 0.2) is 60.9 Å². The van der Waals surface area contributed by atoms with Gasteiger partial charge in [-0.3, -0.25) is 0 Å². The Hall–Kier alpha value is -2.39. The van der Waals surface area contributed by atoms with Crippen molar-refractivity contribution in [3.63, 3.8) is 0 Å². The van der Waals surface area contributed by atoms with Gasteiger partial charge in [0.15, 0.2) is 0 Å². The molecule has 0 bridgehead atoms. The minimum Gasteiger partial charge on any atom is -0.497 e. The van der Waals surface area contributed by atoms with Crippen molar-refractivity contribution in [3.8, 4) is 28.3 Å². The Labute approximate surface area is 128 Å². The third kappa shape index (κ3) is 3.03. The molecule has 0 aliphatic heterocycles. The number of hydrogen-bond acceptors (Lipinski definition) is 3. The Morgan fingerprint density at radius 3 is 2.29 bits per heavy atom. The normalized spacial score (nSPS) is 10.4. The van der Waals surface area contributed by atoms with Gasteiger partial charge in [-0.25, -0.2) is 9.97 Å². The van der Waals surface area contributed by atoms with E-state index in [1.807, 2.05) is 54.6 Å². The van der Waals surface area contributed by atoms with Crippen LogP contribution in [0.25, 0.3) is 22.5 Å². The first-order valence-electron chi connectivity index (χ1n) is 6.49. The summed E-state index contributed by atoms with van der Waals surface area (Å²) in [6.07, 6.45) is 1.57. The molecule has 0 fully saturated rings. The van der Waals surface area contributed by atoms with Gasteiger partial charge < -0.3 is 4.74 Å². The summed E-state index contributed by atoms with van der Waals surface area (Å²) in [5, 5.41) is 0.709. The third-order valence-corrected chi connectivity index (χ3v) is 3.42. The maximum Gasteiger partial charge on any atom is 0.119 e. The minimum absolute atomic E-state index is 0.709. The molecule has 0 spiro atoms. The molecule has 0 unspecified atom stereocenters. The lowest BCUT2D eigenvalue weighted by molar-refractivity contribution is 0.415. The third-order valence-electron chi connectivity index (χ3n) is 3.17. The van der Waals surface area contributed by atoms with Gasteiger partial charge in [0.05, 0.1) is 18.5 Å². The molecule has 3 aromatic rings. The summed E-state index contributed by atoms with van der Waals surface area (Å²) < 4.78 is 5.25. The Balaban J connectivity index is 2.01. The van der Waals surface area contributed by atoms with Crippen LogP contribution >= 0.6 is 11.6 Å². The van der Waals surface area contributed by atoms with Gasteiger partial charge in [-0.1, -0.05) is 35.9 Å². The van der Waals surface area contributed by atoms with E-state index in [4.69, 9.17) is 16.3 Å². The number of ether oxygens (including phenoxy) is 1. The lowest BCUT2D eigenvalue weighted by Gasteiger charge is -2.06. The summed E-state index contributed by atoms with van der Waals surface area (Å²) in [7, 11) is 1.65. The second-order valence-electron chi connectivity index (χ2n) is 4.53. The van der Waals surface area contributed by atoms with Crippen LogP contribution in [0.3, 0.4) is 0 Å². The molecule has 0 radical (unpaired) electrons. The highest BCUT2D eigenvalue weighted by atomic mass is 35.5. The monoisotopic (exact) mass is 296 g/mol. The molecule has 0 amide bonds. The Morgan fingerprint density at radius 2 is 1.57 bits per heavy atom. The quantitative estimate of drug-likeness (QED) is 0.715. The predicted molar refractivity (Wildman–Crippen MR) is 84.5 cm³/mol. The molecule has 0 saturated heterocycles. The lowest BCUT2D eigenvalue weighted by Crippen LogP contribution is -1.90. The summed E-state index contributed by atoms with van der Waals surface area (Å²) in [5.41, 5.74) is 3.71.